The highest BCUT2D eigenvalue weighted by Crippen LogP contribution is 2.27. The van der Waals surface area contributed by atoms with Gasteiger partial charge in [0.25, 0.3) is 0 Å². The standard InChI is InChI=1S/C13H22N2/c1-14-12-9-10-15(11-12)13-7-5-3-2-4-6-8-13/h9-11,13-14H,2-8H2,1H3. The third-order valence-corrected chi connectivity index (χ3v) is 3.50. The number of anilines is 1. The lowest BCUT2D eigenvalue weighted by molar-refractivity contribution is 0.373. The summed E-state index contributed by atoms with van der Waals surface area (Å²) in [7, 11) is 1.98. The maximum absolute atomic E-state index is 3.19. The molecule has 0 aliphatic heterocycles. The Kier molecular flexibility index (Phi) is 3.70. The molecule has 0 saturated heterocycles. The summed E-state index contributed by atoms with van der Waals surface area (Å²) in [4.78, 5) is 0. The van der Waals surface area contributed by atoms with Gasteiger partial charge in [-0.3, -0.25) is 0 Å². The smallest absolute Gasteiger partial charge is 0.0517 e. The predicted octanol–water partition coefficient (Wildman–Crippen LogP) is 3.82. The van der Waals surface area contributed by atoms with Crippen molar-refractivity contribution in [2.45, 2.75) is 51.0 Å². The van der Waals surface area contributed by atoms with Gasteiger partial charge in [0.05, 0.1) is 5.69 Å². The van der Waals surface area contributed by atoms with Gasteiger partial charge in [0.2, 0.25) is 0 Å². The summed E-state index contributed by atoms with van der Waals surface area (Å²) >= 11 is 0. The van der Waals surface area contributed by atoms with Gasteiger partial charge in [-0.15, -0.1) is 0 Å². The van der Waals surface area contributed by atoms with Crippen molar-refractivity contribution in [3.8, 4) is 0 Å². The summed E-state index contributed by atoms with van der Waals surface area (Å²) in [6, 6.07) is 2.91. The number of rotatable bonds is 2. The molecule has 2 rings (SSSR count). The Morgan fingerprint density at radius 1 is 1.13 bits per heavy atom. The second-order valence-corrected chi connectivity index (χ2v) is 4.60. The first-order valence-electron chi connectivity index (χ1n) is 6.25. The molecule has 0 radical (unpaired) electrons. The van der Waals surface area contributed by atoms with Crippen LogP contribution in [-0.2, 0) is 0 Å². The molecule has 1 heterocycles. The van der Waals surface area contributed by atoms with Crippen LogP contribution in [0.1, 0.15) is 51.0 Å². The molecule has 1 fully saturated rings. The molecule has 0 spiro atoms. The second-order valence-electron chi connectivity index (χ2n) is 4.60. The van der Waals surface area contributed by atoms with Crippen LogP contribution in [0.3, 0.4) is 0 Å². The van der Waals surface area contributed by atoms with E-state index in [9.17, 15) is 0 Å². The van der Waals surface area contributed by atoms with Gasteiger partial charge in [-0.2, -0.15) is 0 Å². The molecule has 1 aliphatic carbocycles. The van der Waals surface area contributed by atoms with Crippen molar-refractivity contribution >= 4 is 5.69 Å². The molecule has 0 amide bonds. The third kappa shape index (κ3) is 2.77. The van der Waals surface area contributed by atoms with Crippen molar-refractivity contribution in [1.82, 2.24) is 4.57 Å². The van der Waals surface area contributed by atoms with E-state index in [1.807, 2.05) is 7.05 Å². The fourth-order valence-corrected chi connectivity index (χ4v) is 2.52. The van der Waals surface area contributed by atoms with Crippen molar-refractivity contribution in [2.24, 2.45) is 0 Å². The van der Waals surface area contributed by atoms with Crippen LogP contribution in [-0.4, -0.2) is 11.6 Å². The zero-order valence-corrected chi connectivity index (χ0v) is 9.71. The molecule has 0 aromatic carbocycles. The molecule has 1 aromatic rings. The summed E-state index contributed by atoms with van der Waals surface area (Å²) in [5, 5.41) is 3.19. The van der Waals surface area contributed by atoms with Crippen LogP contribution in [0.15, 0.2) is 18.5 Å². The monoisotopic (exact) mass is 206 g/mol. The number of nitrogens with zero attached hydrogens (tertiary/aromatic N) is 1. The van der Waals surface area contributed by atoms with Crippen molar-refractivity contribution in [1.29, 1.82) is 0 Å². The fraction of sp³-hybridized carbons (Fsp3) is 0.692. The summed E-state index contributed by atoms with van der Waals surface area (Å²) in [6.07, 6.45) is 14.3. The Hall–Kier alpha value is -0.920. The van der Waals surface area contributed by atoms with E-state index in [-0.39, 0.29) is 0 Å². The number of hydrogen-bond acceptors (Lipinski definition) is 1. The molecular weight excluding hydrogens is 184 g/mol. The second kappa shape index (κ2) is 5.24. The molecule has 0 unspecified atom stereocenters. The minimum atomic E-state index is 0.743. The largest absolute Gasteiger partial charge is 0.387 e. The Bertz CT molecular complexity index is 282. The van der Waals surface area contributed by atoms with Gasteiger partial charge >= 0.3 is 0 Å². The van der Waals surface area contributed by atoms with Crippen LogP contribution in [0.4, 0.5) is 5.69 Å². The highest BCUT2D eigenvalue weighted by molar-refractivity contribution is 5.40. The molecule has 84 valence electrons. The maximum Gasteiger partial charge on any atom is 0.0517 e. The molecule has 15 heavy (non-hydrogen) atoms. The highest BCUT2D eigenvalue weighted by atomic mass is 15.0. The average molecular weight is 206 g/mol. The lowest BCUT2D eigenvalue weighted by Gasteiger charge is -2.21. The number of nitrogens with one attached hydrogen (secondary N) is 1. The molecule has 1 N–H and O–H groups in total. The maximum atomic E-state index is 3.19. The van der Waals surface area contributed by atoms with Gasteiger partial charge in [-0.05, 0) is 18.9 Å². The average Bonchev–Trinajstić information content (AvgIpc) is 2.65. The van der Waals surface area contributed by atoms with Crippen molar-refractivity contribution in [3.05, 3.63) is 18.5 Å². The number of aromatic nitrogens is 1. The van der Waals surface area contributed by atoms with Crippen LogP contribution in [0.2, 0.25) is 0 Å². The molecule has 1 aromatic heterocycles. The molecular formula is C13H22N2. The van der Waals surface area contributed by atoms with Crippen LogP contribution >= 0.6 is 0 Å². The zero-order chi connectivity index (χ0) is 10.5. The molecule has 2 heteroatoms. The van der Waals surface area contributed by atoms with Gasteiger partial charge in [0, 0.05) is 25.5 Å². The van der Waals surface area contributed by atoms with Crippen molar-refractivity contribution < 1.29 is 0 Å². The Labute approximate surface area is 92.7 Å². The predicted molar refractivity (Wildman–Crippen MR) is 65.3 cm³/mol. The van der Waals surface area contributed by atoms with Gasteiger partial charge < -0.3 is 9.88 Å². The summed E-state index contributed by atoms with van der Waals surface area (Å²) in [6.45, 7) is 0. The molecule has 0 atom stereocenters. The first kappa shape index (κ1) is 10.6. The molecule has 0 bridgehead atoms. The topological polar surface area (TPSA) is 17.0 Å². The van der Waals surface area contributed by atoms with Crippen LogP contribution in [0.5, 0.6) is 0 Å². The Balaban J connectivity index is 2.00. The van der Waals surface area contributed by atoms with E-state index < -0.39 is 0 Å². The Morgan fingerprint density at radius 2 is 1.80 bits per heavy atom. The van der Waals surface area contributed by atoms with Gasteiger partial charge in [0.15, 0.2) is 0 Å². The van der Waals surface area contributed by atoms with E-state index >= 15 is 0 Å². The van der Waals surface area contributed by atoms with E-state index in [1.165, 1.54) is 50.6 Å². The van der Waals surface area contributed by atoms with Gasteiger partial charge in [-0.25, -0.2) is 0 Å². The first-order chi connectivity index (χ1) is 7.40. The zero-order valence-electron chi connectivity index (χ0n) is 9.71. The fourth-order valence-electron chi connectivity index (χ4n) is 2.52. The van der Waals surface area contributed by atoms with Gasteiger partial charge in [0.1, 0.15) is 0 Å². The van der Waals surface area contributed by atoms with E-state index in [0.717, 1.165) is 6.04 Å². The third-order valence-electron chi connectivity index (χ3n) is 3.50. The van der Waals surface area contributed by atoms with Crippen molar-refractivity contribution in [3.63, 3.8) is 0 Å². The normalized spacial score (nSPS) is 19.5. The van der Waals surface area contributed by atoms with Crippen LogP contribution < -0.4 is 5.32 Å². The summed E-state index contributed by atoms with van der Waals surface area (Å²) < 4.78 is 2.40. The van der Waals surface area contributed by atoms with Crippen molar-refractivity contribution in [2.75, 3.05) is 12.4 Å². The number of hydrogen-bond donors (Lipinski definition) is 1. The molecule has 1 aliphatic rings. The minimum absolute atomic E-state index is 0.743. The lowest BCUT2D eigenvalue weighted by atomic mass is 9.97. The molecule has 2 nitrogen and oxygen atoms in total. The quantitative estimate of drug-likeness (QED) is 0.778. The van der Waals surface area contributed by atoms with E-state index in [0.29, 0.717) is 0 Å². The van der Waals surface area contributed by atoms with Crippen LogP contribution in [0.25, 0.3) is 0 Å². The highest BCUT2D eigenvalue weighted by Gasteiger charge is 2.12. The lowest BCUT2D eigenvalue weighted by Crippen LogP contribution is -2.08. The summed E-state index contributed by atoms with van der Waals surface area (Å²) in [5.41, 5.74) is 1.23. The Morgan fingerprint density at radius 3 is 2.40 bits per heavy atom. The van der Waals surface area contributed by atoms with Gasteiger partial charge in [-0.1, -0.05) is 32.1 Å². The van der Waals surface area contributed by atoms with E-state index in [2.05, 4.69) is 28.3 Å². The molecule has 1 saturated carbocycles. The minimum Gasteiger partial charge on any atom is -0.387 e. The SMILES string of the molecule is CNc1ccn(C2CCCCCCC2)c1. The van der Waals surface area contributed by atoms with E-state index in [4.69, 9.17) is 0 Å². The van der Waals surface area contributed by atoms with Crippen LogP contribution in [0, 0.1) is 0 Å². The van der Waals surface area contributed by atoms with E-state index in [1.54, 1.807) is 0 Å². The summed E-state index contributed by atoms with van der Waals surface area (Å²) in [5.74, 6) is 0. The first-order valence-corrected chi connectivity index (χ1v) is 6.25.